The molecule has 0 radical (unpaired) electrons. The number of ether oxygens (including phenoxy) is 3. The number of hydrogen-bond acceptors (Lipinski definition) is 11. The molecule has 49 heavy (non-hydrogen) atoms. The Bertz CT molecular complexity index is 2030. The number of likely N-dealkylation sites (N-methyl/N-ethyl adjacent to an activating group) is 1. The van der Waals surface area contributed by atoms with E-state index in [0.717, 1.165) is 30.7 Å². The SMILES string of the molecule is CNCC(C)N1c2nc(OC[C@@]34CCCN3C[C@H](F)C4)nc3c(F)c(-c4ccc(F)c5sc(N)c(C#N)c45)c(Cl)c(c23)OCC2COCC21. The number of benzene rings is 2. The quantitative estimate of drug-likeness (QED) is 0.248. The number of aromatic nitrogens is 2. The first kappa shape index (κ1) is 32.6. The van der Waals surface area contributed by atoms with Crippen LogP contribution in [-0.4, -0.2) is 91.8 Å². The van der Waals surface area contributed by atoms with Crippen LogP contribution in [0, 0.1) is 28.9 Å². The highest BCUT2D eigenvalue weighted by atomic mass is 35.5. The normalized spacial score (nSPS) is 25.6. The molecule has 10 nitrogen and oxygen atoms in total. The number of halogens is 4. The van der Waals surface area contributed by atoms with E-state index in [9.17, 15) is 9.65 Å². The molecule has 3 unspecified atom stereocenters. The van der Waals surface area contributed by atoms with E-state index in [4.69, 9.17) is 36.5 Å². The van der Waals surface area contributed by atoms with Crippen LogP contribution >= 0.6 is 22.9 Å². The Morgan fingerprint density at radius 2 is 2.10 bits per heavy atom. The number of nitriles is 1. The zero-order valence-electron chi connectivity index (χ0n) is 27.0. The van der Waals surface area contributed by atoms with E-state index in [1.165, 1.54) is 12.1 Å². The molecule has 0 spiro atoms. The van der Waals surface area contributed by atoms with Crippen LogP contribution in [0.5, 0.6) is 11.8 Å². The summed E-state index contributed by atoms with van der Waals surface area (Å²) in [6, 6.07) is 4.28. The first-order chi connectivity index (χ1) is 23.7. The lowest BCUT2D eigenvalue weighted by molar-refractivity contribution is 0.107. The Hall–Kier alpha value is -3.61. The molecule has 5 atom stereocenters. The molecule has 0 aliphatic carbocycles. The summed E-state index contributed by atoms with van der Waals surface area (Å²) < 4.78 is 65.9. The molecule has 2 aromatic heterocycles. The molecule has 3 fully saturated rings. The Morgan fingerprint density at radius 1 is 1.27 bits per heavy atom. The van der Waals surface area contributed by atoms with Crippen molar-refractivity contribution < 1.29 is 27.4 Å². The Kier molecular flexibility index (Phi) is 8.19. The van der Waals surface area contributed by atoms with Crippen molar-refractivity contribution in [2.24, 2.45) is 5.92 Å². The number of nitrogens with zero attached hydrogens (tertiary/aromatic N) is 5. The van der Waals surface area contributed by atoms with Crippen molar-refractivity contribution in [3.05, 3.63) is 34.4 Å². The lowest BCUT2D eigenvalue weighted by Crippen LogP contribution is -2.51. The molecule has 0 saturated carbocycles. The fourth-order valence-electron chi connectivity index (χ4n) is 8.35. The first-order valence-electron chi connectivity index (χ1n) is 16.4. The molecule has 8 rings (SSSR count). The van der Waals surface area contributed by atoms with Gasteiger partial charge in [-0.2, -0.15) is 15.2 Å². The van der Waals surface area contributed by atoms with E-state index in [0.29, 0.717) is 38.5 Å². The fraction of sp³-hybridized carbons (Fsp3) is 0.500. The van der Waals surface area contributed by atoms with Crippen LogP contribution in [0.2, 0.25) is 5.02 Å². The average Bonchev–Trinajstić information content (AvgIpc) is 3.83. The third kappa shape index (κ3) is 5.07. The number of rotatable bonds is 7. The smallest absolute Gasteiger partial charge is 0.319 e. The third-order valence-corrected chi connectivity index (χ3v) is 11.9. The standard InChI is InChI=1S/C34H35ClF3N7O3S/c1-16(10-41-2)45-22-14-46-12-17(22)13-47-29-25-28(42-33(43-32(25)45)48-15-34-6-3-7-44(34)11-18(36)8-34)27(38)24(26(29)35)19-4-5-21(37)30-23(19)20(9-39)31(40)49-30/h4-5,16-18,22,41H,3,6-8,10-15,40H2,1-2H3/t16?,17?,18-,22?,34+/m1/s1. The van der Waals surface area contributed by atoms with Gasteiger partial charge in [-0.1, -0.05) is 17.7 Å². The molecule has 6 heterocycles. The Labute approximate surface area is 289 Å². The van der Waals surface area contributed by atoms with Gasteiger partial charge in [0, 0.05) is 42.4 Å². The van der Waals surface area contributed by atoms with Gasteiger partial charge in [0.15, 0.2) is 11.6 Å². The van der Waals surface area contributed by atoms with Crippen molar-refractivity contribution in [3.63, 3.8) is 0 Å². The van der Waals surface area contributed by atoms with E-state index in [1.807, 2.05) is 20.0 Å². The zero-order valence-corrected chi connectivity index (χ0v) is 28.6. The lowest BCUT2D eigenvalue weighted by Gasteiger charge is -2.40. The molecule has 3 N–H and O–H groups in total. The number of nitrogens with two attached hydrogens (primary N) is 1. The summed E-state index contributed by atoms with van der Waals surface area (Å²) in [5.41, 5.74) is 5.63. The molecule has 4 aliphatic heterocycles. The van der Waals surface area contributed by atoms with Gasteiger partial charge >= 0.3 is 6.01 Å². The summed E-state index contributed by atoms with van der Waals surface area (Å²) in [6.45, 7) is 4.98. The van der Waals surface area contributed by atoms with Crippen LogP contribution in [0.3, 0.4) is 0 Å². The summed E-state index contributed by atoms with van der Waals surface area (Å²) in [7, 11) is 1.86. The molecule has 4 aromatic rings. The number of thiophene rings is 1. The molecular weight excluding hydrogens is 679 g/mol. The van der Waals surface area contributed by atoms with Gasteiger partial charge in [-0.05, 0) is 45.0 Å². The maximum Gasteiger partial charge on any atom is 0.319 e. The minimum atomic E-state index is -0.953. The fourth-order valence-corrected chi connectivity index (χ4v) is 9.63. The Balaban J connectivity index is 1.38. The van der Waals surface area contributed by atoms with Crippen molar-refractivity contribution >= 4 is 54.7 Å². The highest BCUT2D eigenvalue weighted by Gasteiger charge is 2.49. The largest absolute Gasteiger partial charge is 0.491 e. The molecule has 3 saturated heterocycles. The van der Waals surface area contributed by atoms with Gasteiger partial charge in [0.25, 0.3) is 0 Å². The van der Waals surface area contributed by atoms with Gasteiger partial charge < -0.3 is 30.2 Å². The average molecular weight is 714 g/mol. The number of hydrogen-bond donors (Lipinski definition) is 2. The first-order valence-corrected chi connectivity index (χ1v) is 17.6. The Morgan fingerprint density at radius 3 is 2.90 bits per heavy atom. The van der Waals surface area contributed by atoms with E-state index in [2.05, 4.69) is 20.1 Å². The van der Waals surface area contributed by atoms with Crippen LogP contribution < -0.4 is 25.4 Å². The summed E-state index contributed by atoms with van der Waals surface area (Å²) >= 11 is 8.05. The molecule has 258 valence electrons. The van der Waals surface area contributed by atoms with E-state index in [1.54, 1.807) is 0 Å². The van der Waals surface area contributed by atoms with Crippen molar-refractivity contribution in [3.8, 4) is 29.0 Å². The molecule has 4 aliphatic rings. The third-order valence-electron chi connectivity index (χ3n) is 10.6. The van der Waals surface area contributed by atoms with Crippen molar-refractivity contribution in [2.45, 2.75) is 50.0 Å². The van der Waals surface area contributed by atoms with Crippen molar-refractivity contribution in [2.75, 3.05) is 63.7 Å². The summed E-state index contributed by atoms with van der Waals surface area (Å²) in [5.74, 6) is -0.935. The van der Waals surface area contributed by atoms with Crippen LogP contribution in [0.1, 0.15) is 31.7 Å². The van der Waals surface area contributed by atoms with E-state index >= 15 is 8.78 Å². The molecule has 0 bridgehead atoms. The van der Waals surface area contributed by atoms with Crippen LogP contribution in [-0.2, 0) is 4.74 Å². The second kappa shape index (κ2) is 12.3. The summed E-state index contributed by atoms with van der Waals surface area (Å²) in [6.07, 6.45) is 1.10. The molecular formula is C34H35ClF3N7O3S. The van der Waals surface area contributed by atoms with Gasteiger partial charge in [0.1, 0.15) is 41.0 Å². The minimum Gasteiger partial charge on any atom is -0.491 e. The predicted octanol–water partition coefficient (Wildman–Crippen LogP) is 5.67. The highest BCUT2D eigenvalue weighted by Crippen LogP contribution is 2.51. The summed E-state index contributed by atoms with van der Waals surface area (Å²) in [5, 5.41) is 13.7. The van der Waals surface area contributed by atoms with Gasteiger partial charge in [0.05, 0.1) is 52.1 Å². The number of alkyl halides is 1. The van der Waals surface area contributed by atoms with Crippen LogP contribution in [0.25, 0.3) is 32.1 Å². The van der Waals surface area contributed by atoms with Gasteiger partial charge in [-0.3, -0.25) is 4.90 Å². The van der Waals surface area contributed by atoms with Crippen LogP contribution in [0.15, 0.2) is 12.1 Å². The minimum absolute atomic E-state index is 0.0298. The van der Waals surface area contributed by atoms with Gasteiger partial charge in [-0.25, -0.2) is 13.2 Å². The van der Waals surface area contributed by atoms with E-state index in [-0.39, 0.29) is 90.7 Å². The maximum absolute atomic E-state index is 17.4. The second-order valence-corrected chi connectivity index (χ2v) is 14.9. The number of anilines is 2. The van der Waals surface area contributed by atoms with Crippen molar-refractivity contribution in [1.29, 1.82) is 5.26 Å². The zero-order chi connectivity index (χ0) is 34.2. The van der Waals surface area contributed by atoms with Gasteiger partial charge in [0.2, 0.25) is 0 Å². The van der Waals surface area contributed by atoms with Gasteiger partial charge in [-0.15, -0.1) is 11.3 Å². The summed E-state index contributed by atoms with van der Waals surface area (Å²) in [4.78, 5) is 13.8. The van der Waals surface area contributed by atoms with Crippen molar-refractivity contribution in [1.82, 2.24) is 20.2 Å². The highest BCUT2D eigenvalue weighted by molar-refractivity contribution is 7.23. The van der Waals surface area contributed by atoms with E-state index < -0.39 is 23.3 Å². The van der Waals surface area contributed by atoms with Crippen LogP contribution in [0.4, 0.5) is 24.0 Å². The number of nitrogens with one attached hydrogen (secondary N) is 1. The maximum atomic E-state index is 17.4. The second-order valence-electron chi connectivity index (χ2n) is 13.5. The molecule has 0 amide bonds. The topological polar surface area (TPSA) is 122 Å². The predicted molar refractivity (Wildman–Crippen MR) is 182 cm³/mol. The lowest BCUT2D eigenvalue weighted by atomic mass is 9.95. The number of fused-ring (bicyclic) bond motifs is 3. The molecule has 15 heteroatoms. The monoisotopic (exact) mass is 713 g/mol. The molecule has 2 aromatic carbocycles. The number of nitrogen functional groups attached to an aromatic ring is 1.